The van der Waals surface area contributed by atoms with Crippen LogP contribution in [0.1, 0.15) is 23.0 Å². The number of hydrogen-bond donors (Lipinski definition) is 1. The lowest BCUT2D eigenvalue weighted by atomic mass is 10.2. The Bertz CT molecular complexity index is 1130. The minimum atomic E-state index is -1.09. The van der Waals surface area contributed by atoms with Crippen LogP contribution in [0.4, 0.5) is 11.6 Å². The summed E-state index contributed by atoms with van der Waals surface area (Å²) >= 11 is 5.78. The number of amides is 1. The predicted molar refractivity (Wildman–Crippen MR) is 109 cm³/mol. The van der Waals surface area contributed by atoms with Crippen molar-refractivity contribution in [3.8, 4) is 11.5 Å². The van der Waals surface area contributed by atoms with E-state index in [1.165, 1.54) is 55.5 Å². The number of benzene rings is 2. The first-order chi connectivity index (χ1) is 14.7. The summed E-state index contributed by atoms with van der Waals surface area (Å²) in [7, 11) is 0. The van der Waals surface area contributed by atoms with Gasteiger partial charge in [-0.05, 0) is 50.2 Å². The van der Waals surface area contributed by atoms with Gasteiger partial charge in [-0.25, -0.2) is 4.79 Å². The molecule has 0 spiro atoms. The molecule has 0 radical (unpaired) electrons. The van der Waals surface area contributed by atoms with Gasteiger partial charge in [0.25, 0.3) is 5.91 Å². The number of nitro benzene ring substituents is 1. The monoisotopic (exact) mass is 445 g/mol. The van der Waals surface area contributed by atoms with Crippen molar-refractivity contribution in [3.63, 3.8) is 0 Å². The van der Waals surface area contributed by atoms with Crippen molar-refractivity contribution in [1.82, 2.24) is 5.16 Å². The number of anilines is 1. The molecule has 160 valence electrons. The summed E-state index contributed by atoms with van der Waals surface area (Å²) < 4.78 is 15.5. The average molecular weight is 446 g/mol. The number of hydrogen-bond acceptors (Lipinski definition) is 8. The number of nitro groups is 1. The minimum Gasteiger partial charge on any atom is -0.450 e. The molecule has 0 saturated carbocycles. The van der Waals surface area contributed by atoms with Crippen LogP contribution in [-0.2, 0) is 9.53 Å². The second-order valence-corrected chi connectivity index (χ2v) is 6.80. The van der Waals surface area contributed by atoms with Crippen molar-refractivity contribution in [2.24, 2.45) is 0 Å². The van der Waals surface area contributed by atoms with Crippen LogP contribution in [0.5, 0.6) is 11.5 Å². The van der Waals surface area contributed by atoms with Gasteiger partial charge in [0.15, 0.2) is 6.10 Å². The molecule has 0 fully saturated rings. The van der Waals surface area contributed by atoms with Gasteiger partial charge < -0.3 is 14.0 Å². The number of carbonyl (C=O) groups excluding carboxylic acids is 2. The molecule has 0 aliphatic rings. The fourth-order valence-corrected chi connectivity index (χ4v) is 2.60. The lowest BCUT2D eigenvalue weighted by molar-refractivity contribution is -0.385. The number of aromatic nitrogens is 1. The second-order valence-electron chi connectivity index (χ2n) is 6.36. The first-order valence-corrected chi connectivity index (χ1v) is 9.28. The number of nitrogens with zero attached hydrogens (tertiary/aromatic N) is 2. The summed E-state index contributed by atoms with van der Waals surface area (Å²) in [5, 5.41) is 17.4. The Hall–Kier alpha value is -3.92. The number of nitrogens with one attached hydrogen (secondary N) is 1. The number of rotatable bonds is 7. The van der Waals surface area contributed by atoms with Gasteiger partial charge in [-0.2, -0.15) is 0 Å². The van der Waals surface area contributed by atoms with E-state index in [4.69, 9.17) is 25.6 Å². The molecule has 0 bridgehead atoms. The molecule has 0 saturated heterocycles. The summed E-state index contributed by atoms with van der Waals surface area (Å²) in [6, 6.07) is 11.2. The Balaban J connectivity index is 1.62. The molecule has 1 heterocycles. The average Bonchev–Trinajstić information content (AvgIpc) is 3.14. The van der Waals surface area contributed by atoms with E-state index in [1.54, 1.807) is 6.92 Å². The van der Waals surface area contributed by atoms with Crippen molar-refractivity contribution in [3.05, 3.63) is 74.9 Å². The highest BCUT2D eigenvalue weighted by Gasteiger charge is 2.21. The smallest absolute Gasteiger partial charge is 0.338 e. The molecule has 10 nitrogen and oxygen atoms in total. The maximum atomic E-state index is 12.3. The Morgan fingerprint density at radius 2 is 1.90 bits per heavy atom. The highest BCUT2D eigenvalue weighted by Crippen LogP contribution is 2.33. The summed E-state index contributed by atoms with van der Waals surface area (Å²) in [5.41, 5.74) is 0.456. The van der Waals surface area contributed by atoms with E-state index in [0.717, 1.165) is 0 Å². The van der Waals surface area contributed by atoms with Crippen LogP contribution in [0.2, 0.25) is 5.02 Å². The fraction of sp³-hybridized carbons (Fsp3) is 0.150. The number of carbonyl (C=O) groups is 2. The molecule has 3 rings (SSSR count). The first-order valence-electron chi connectivity index (χ1n) is 8.90. The summed E-state index contributed by atoms with van der Waals surface area (Å²) in [4.78, 5) is 34.9. The fourth-order valence-electron chi connectivity index (χ4n) is 2.43. The highest BCUT2D eigenvalue weighted by atomic mass is 35.5. The van der Waals surface area contributed by atoms with Crippen molar-refractivity contribution in [2.45, 2.75) is 20.0 Å². The van der Waals surface area contributed by atoms with E-state index in [-0.39, 0.29) is 33.7 Å². The molecular formula is C20H16ClN3O7. The standard InChI is InChI=1S/C20H16ClN3O7/c1-11-9-18(31-23-11)22-19(25)12(2)29-20(26)13-3-6-15(7-4-13)30-17-8-5-14(21)10-16(17)24(27)28/h3-10,12H,1-2H3,(H,22,25). The van der Waals surface area contributed by atoms with Gasteiger partial charge in [0.1, 0.15) is 5.75 Å². The first kappa shape index (κ1) is 21.8. The van der Waals surface area contributed by atoms with E-state index in [1.807, 2.05) is 0 Å². The van der Waals surface area contributed by atoms with Crippen LogP contribution < -0.4 is 10.1 Å². The molecule has 31 heavy (non-hydrogen) atoms. The third-order valence-corrected chi connectivity index (χ3v) is 4.20. The van der Waals surface area contributed by atoms with Crippen LogP contribution in [0.3, 0.4) is 0 Å². The summed E-state index contributed by atoms with van der Waals surface area (Å²) in [6.07, 6.45) is -1.09. The van der Waals surface area contributed by atoms with Crippen molar-refractivity contribution >= 4 is 35.0 Å². The molecule has 1 amide bonds. The van der Waals surface area contributed by atoms with Gasteiger partial charge in [-0.1, -0.05) is 16.8 Å². The van der Waals surface area contributed by atoms with Crippen molar-refractivity contribution in [1.29, 1.82) is 0 Å². The Morgan fingerprint density at radius 3 is 2.52 bits per heavy atom. The number of ether oxygens (including phenoxy) is 2. The SMILES string of the molecule is Cc1cc(NC(=O)C(C)OC(=O)c2ccc(Oc3ccc(Cl)cc3[N+](=O)[O-])cc2)on1. The maximum Gasteiger partial charge on any atom is 0.338 e. The highest BCUT2D eigenvalue weighted by molar-refractivity contribution is 6.30. The molecule has 2 aromatic carbocycles. The van der Waals surface area contributed by atoms with Crippen molar-refractivity contribution in [2.75, 3.05) is 5.32 Å². The van der Waals surface area contributed by atoms with Crippen LogP contribution in [0.25, 0.3) is 0 Å². The molecular weight excluding hydrogens is 430 g/mol. The minimum absolute atomic E-state index is 0.00216. The molecule has 3 aromatic rings. The molecule has 1 unspecified atom stereocenters. The van der Waals surface area contributed by atoms with E-state index < -0.39 is 22.9 Å². The zero-order valence-corrected chi connectivity index (χ0v) is 17.1. The Labute approximate surface area is 180 Å². The second kappa shape index (κ2) is 9.26. The van der Waals surface area contributed by atoms with Crippen LogP contribution in [0.15, 0.2) is 53.1 Å². The third kappa shape index (κ3) is 5.58. The van der Waals surface area contributed by atoms with Gasteiger partial charge in [0.2, 0.25) is 11.6 Å². The van der Waals surface area contributed by atoms with E-state index in [9.17, 15) is 19.7 Å². The van der Waals surface area contributed by atoms with Crippen LogP contribution in [0, 0.1) is 17.0 Å². The quantitative estimate of drug-likeness (QED) is 0.318. The summed E-state index contributed by atoms with van der Waals surface area (Å²) in [6.45, 7) is 3.11. The van der Waals surface area contributed by atoms with Crippen LogP contribution >= 0.6 is 11.6 Å². The van der Waals surface area contributed by atoms with Gasteiger partial charge in [0, 0.05) is 17.2 Å². The molecule has 0 aliphatic carbocycles. The third-order valence-electron chi connectivity index (χ3n) is 3.96. The largest absolute Gasteiger partial charge is 0.450 e. The predicted octanol–water partition coefficient (Wildman–Crippen LogP) is 4.52. The normalized spacial score (nSPS) is 11.5. The van der Waals surface area contributed by atoms with Gasteiger partial charge in [0.05, 0.1) is 16.2 Å². The topological polar surface area (TPSA) is 134 Å². The molecule has 0 aliphatic heterocycles. The van der Waals surface area contributed by atoms with Gasteiger partial charge in [-0.3, -0.25) is 20.2 Å². The zero-order valence-electron chi connectivity index (χ0n) is 16.3. The molecule has 1 atom stereocenters. The lowest BCUT2D eigenvalue weighted by Crippen LogP contribution is -2.29. The lowest BCUT2D eigenvalue weighted by Gasteiger charge is -2.12. The Kier molecular flexibility index (Phi) is 6.51. The van der Waals surface area contributed by atoms with E-state index in [2.05, 4.69) is 10.5 Å². The number of halogens is 1. The summed E-state index contributed by atoms with van der Waals surface area (Å²) in [5.74, 6) is -0.922. The van der Waals surface area contributed by atoms with Gasteiger partial charge >= 0.3 is 11.7 Å². The molecule has 11 heteroatoms. The van der Waals surface area contributed by atoms with E-state index >= 15 is 0 Å². The van der Waals surface area contributed by atoms with Crippen molar-refractivity contribution < 1.29 is 28.5 Å². The number of aryl methyl sites for hydroxylation is 1. The van der Waals surface area contributed by atoms with Gasteiger partial charge in [-0.15, -0.1) is 0 Å². The molecule has 1 aromatic heterocycles. The Morgan fingerprint density at radius 1 is 1.19 bits per heavy atom. The molecule has 1 N–H and O–H groups in total. The van der Waals surface area contributed by atoms with E-state index in [0.29, 0.717) is 5.69 Å². The number of esters is 1. The zero-order chi connectivity index (χ0) is 22.5. The van der Waals surface area contributed by atoms with Crippen LogP contribution in [-0.4, -0.2) is 28.1 Å². The maximum absolute atomic E-state index is 12.3.